The van der Waals surface area contributed by atoms with Crippen LogP contribution in [-0.2, 0) is 4.74 Å². The minimum Gasteiger partial charge on any atom is -0.494 e. The van der Waals surface area contributed by atoms with Crippen molar-refractivity contribution in [1.29, 1.82) is 0 Å². The Hall–Kier alpha value is -2.74. The molecule has 8 heteroatoms. The Morgan fingerprint density at radius 1 is 1.36 bits per heavy atom. The van der Waals surface area contributed by atoms with Crippen molar-refractivity contribution < 1.29 is 14.6 Å². The third-order valence-corrected chi connectivity index (χ3v) is 2.88. The van der Waals surface area contributed by atoms with E-state index in [9.17, 15) is 14.7 Å². The fraction of sp³-hybridized carbons (Fsp3) is 0.143. The van der Waals surface area contributed by atoms with Crippen molar-refractivity contribution in [2.24, 2.45) is 4.99 Å². The normalized spacial score (nSPS) is 10.8. The highest BCUT2D eigenvalue weighted by Gasteiger charge is 2.06. The quantitative estimate of drug-likeness (QED) is 0.454. The van der Waals surface area contributed by atoms with E-state index in [1.165, 1.54) is 6.21 Å². The average Bonchev–Trinajstić information content (AvgIpc) is 2.47. The van der Waals surface area contributed by atoms with E-state index >= 15 is 0 Å². The van der Waals surface area contributed by atoms with E-state index in [1.807, 2.05) is 0 Å². The van der Waals surface area contributed by atoms with Crippen molar-refractivity contribution in [3.8, 4) is 5.88 Å². The lowest BCUT2D eigenvalue weighted by Crippen LogP contribution is -2.13. The number of carbonyl (C=O) groups excluding carboxylic acids is 1. The maximum Gasteiger partial charge on any atom is 0.338 e. The summed E-state index contributed by atoms with van der Waals surface area (Å²) in [6.45, 7) is 2.03. The van der Waals surface area contributed by atoms with Crippen LogP contribution in [0.2, 0.25) is 0 Å². The van der Waals surface area contributed by atoms with Crippen molar-refractivity contribution in [3.63, 3.8) is 0 Å². The highest BCUT2D eigenvalue weighted by molar-refractivity contribution is 7.71. The molecule has 0 fully saturated rings. The lowest BCUT2D eigenvalue weighted by Gasteiger charge is -2.01. The second-order valence-electron chi connectivity index (χ2n) is 4.20. The number of nitrogens with zero attached hydrogens (tertiary/aromatic N) is 1. The summed E-state index contributed by atoms with van der Waals surface area (Å²) in [6, 6.07) is 6.32. The second kappa shape index (κ2) is 6.81. The fourth-order valence-electron chi connectivity index (χ4n) is 1.64. The number of esters is 1. The van der Waals surface area contributed by atoms with Gasteiger partial charge in [0.2, 0.25) is 5.88 Å². The summed E-state index contributed by atoms with van der Waals surface area (Å²) in [5, 5.41) is 9.63. The molecule has 0 saturated heterocycles. The summed E-state index contributed by atoms with van der Waals surface area (Å²) in [4.78, 5) is 32.0. The number of hydrogen-bond donors (Lipinski definition) is 3. The van der Waals surface area contributed by atoms with Gasteiger partial charge in [-0.15, -0.1) is 0 Å². The number of nitrogens with one attached hydrogen (secondary N) is 2. The van der Waals surface area contributed by atoms with Crippen LogP contribution in [0.3, 0.4) is 0 Å². The number of rotatable bonds is 4. The van der Waals surface area contributed by atoms with Gasteiger partial charge in [0, 0.05) is 6.21 Å². The van der Waals surface area contributed by atoms with Crippen LogP contribution in [0.15, 0.2) is 34.1 Å². The molecule has 0 saturated carbocycles. The standard InChI is InChI=1S/C14H13N3O4S/c1-2-21-13(20)8-3-5-9(6-4-8)15-7-10-11(18)16-14(22)17-12(10)19/h3-7H,2H2,1H3,(H3,16,17,18,19,22). The lowest BCUT2D eigenvalue weighted by atomic mass is 10.2. The van der Waals surface area contributed by atoms with E-state index in [2.05, 4.69) is 15.0 Å². The van der Waals surface area contributed by atoms with Gasteiger partial charge >= 0.3 is 5.97 Å². The van der Waals surface area contributed by atoms with E-state index < -0.39 is 11.5 Å². The number of H-pyrrole nitrogens is 2. The van der Waals surface area contributed by atoms with Gasteiger partial charge in [0.15, 0.2) is 4.77 Å². The number of aromatic amines is 2. The summed E-state index contributed by atoms with van der Waals surface area (Å²) < 4.78 is 4.90. The number of ether oxygens (including phenoxy) is 1. The van der Waals surface area contributed by atoms with Gasteiger partial charge in [-0.2, -0.15) is 0 Å². The Morgan fingerprint density at radius 3 is 2.64 bits per heavy atom. The third kappa shape index (κ3) is 3.67. The molecule has 7 nitrogen and oxygen atoms in total. The Balaban J connectivity index is 2.23. The van der Waals surface area contributed by atoms with Crippen LogP contribution in [0.1, 0.15) is 22.8 Å². The maximum atomic E-state index is 11.6. The van der Waals surface area contributed by atoms with Gasteiger partial charge in [0.1, 0.15) is 5.56 Å². The first-order valence-corrected chi connectivity index (χ1v) is 6.79. The largest absolute Gasteiger partial charge is 0.494 e. The zero-order valence-corrected chi connectivity index (χ0v) is 12.4. The first kappa shape index (κ1) is 15.6. The molecule has 0 spiro atoms. The van der Waals surface area contributed by atoms with Gasteiger partial charge in [-0.25, -0.2) is 4.79 Å². The molecule has 1 aromatic heterocycles. The van der Waals surface area contributed by atoms with Gasteiger partial charge in [0.25, 0.3) is 5.56 Å². The fourth-order valence-corrected chi connectivity index (χ4v) is 1.83. The van der Waals surface area contributed by atoms with E-state index in [4.69, 9.17) is 17.0 Å². The molecule has 0 aliphatic heterocycles. The number of aromatic nitrogens is 2. The van der Waals surface area contributed by atoms with E-state index in [-0.39, 0.29) is 16.2 Å². The SMILES string of the molecule is CCOC(=O)c1ccc(N=Cc2c(O)[nH]c(=S)[nH]c2=O)cc1. The molecule has 0 aliphatic rings. The van der Waals surface area contributed by atoms with Crippen LogP contribution in [0.5, 0.6) is 5.88 Å². The molecule has 1 heterocycles. The Kier molecular flexibility index (Phi) is 4.84. The molecule has 0 radical (unpaired) electrons. The predicted octanol–water partition coefficient (Wildman–Crippen LogP) is 2.07. The van der Waals surface area contributed by atoms with Crippen molar-refractivity contribution in [1.82, 2.24) is 9.97 Å². The van der Waals surface area contributed by atoms with Gasteiger partial charge in [-0.1, -0.05) is 0 Å². The molecule has 0 aliphatic carbocycles. The minimum absolute atomic E-state index is 0.0263. The smallest absolute Gasteiger partial charge is 0.338 e. The van der Waals surface area contributed by atoms with Crippen LogP contribution < -0.4 is 5.56 Å². The van der Waals surface area contributed by atoms with Gasteiger partial charge in [-0.3, -0.25) is 14.8 Å². The molecule has 2 rings (SSSR count). The van der Waals surface area contributed by atoms with Gasteiger partial charge in [-0.05, 0) is 43.4 Å². The molecule has 1 aromatic carbocycles. The zero-order valence-electron chi connectivity index (χ0n) is 11.6. The molecule has 114 valence electrons. The average molecular weight is 319 g/mol. The minimum atomic E-state index is -0.548. The van der Waals surface area contributed by atoms with Gasteiger partial charge < -0.3 is 14.8 Å². The van der Waals surface area contributed by atoms with Gasteiger partial charge in [0.05, 0.1) is 17.9 Å². The first-order valence-electron chi connectivity index (χ1n) is 6.38. The maximum absolute atomic E-state index is 11.6. The number of benzene rings is 1. The predicted molar refractivity (Wildman–Crippen MR) is 83.6 cm³/mol. The molecule has 0 unspecified atom stereocenters. The molecule has 3 N–H and O–H groups in total. The van der Waals surface area contributed by atoms with Crippen molar-refractivity contribution in [3.05, 3.63) is 50.5 Å². The van der Waals surface area contributed by atoms with Crippen molar-refractivity contribution >= 4 is 30.1 Å². The molecule has 0 bridgehead atoms. The molecule has 22 heavy (non-hydrogen) atoms. The summed E-state index contributed by atoms with van der Waals surface area (Å²) in [5.41, 5.74) is 0.329. The Bertz CT molecular complexity index is 821. The van der Waals surface area contributed by atoms with E-state index in [1.54, 1.807) is 31.2 Å². The van der Waals surface area contributed by atoms with Crippen LogP contribution in [0.25, 0.3) is 0 Å². The molecule has 0 atom stereocenters. The Labute approximate surface area is 130 Å². The molecule has 2 aromatic rings. The molecule has 0 amide bonds. The zero-order chi connectivity index (χ0) is 16.1. The van der Waals surface area contributed by atoms with Crippen LogP contribution in [-0.4, -0.2) is 33.9 Å². The van der Waals surface area contributed by atoms with E-state index in [0.717, 1.165) is 0 Å². The highest BCUT2D eigenvalue weighted by Crippen LogP contribution is 2.14. The number of aliphatic imine (C=N–C) groups is 1. The Morgan fingerprint density at radius 2 is 2.05 bits per heavy atom. The summed E-state index contributed by atoms with van der Waals surface area (Å²) in [6.07, 6.45) is 1.21. The highest BCUT2D eigenvalue weighted by atomic mass is 32.1. The van der Waals surface area contributed by atoms with Crippen LogP contribution >= 0.6 is 12.2 Å². The monoisotopic (exact) mass is 319 g/mol. The first-order chi connectivity index (χ1) is 10.5. The molecular weight excluding hydrogens is 306 g/mol. The number of aromatic hydroxyl groups is 1. The molecular formula is C14H13N3O4S. The summed E-state index contributed by atoms with van der Waals surface area (Å²) >= 11 is 4.73. The van der Waals surface area contributed by atoms with Crippen LogP contribution in [0.4, 0.5) is 5.69 Å². The van der Waals surface area contributed by atoms with Crippen LogP contribution in [0, 0.1) is 4.77 Å². The summed E-state index contributed by atoms with van der Waals surface area (Å²) in [5.74, 6) is -0.775. The van der Waals surface area contributed by atoms with Crippen molar-refractivity contribution in [2.75, 3.05) is 6.61 Å². The second-order valence-corrected chi connectivity index (χ2v) is 4.60. The number of hydrogen-bond acceptors (Lipinski definition) is 6. The summed E-state index contributed by atoms with van der Waals surface area (Å²) in [7, 11) is 0. The topological polar surface area (TPSA) is 108 Å². The van der Waals surface area contributed by atoms with E-state index in [0.29, 0.717) is 17.9 Å². The lowest BCUT2D eigenvalue weighted by molar-refractivity contribution is 0.0526. The van der Waals surface area contributed by atoms with Crippen molar-refractivity contribution in [2.45, 2.75) is 6.92 Å². The third-order valence-electron chi connectivity index (χ3n) is 2.68. The number of carbonyl (C=O) groups is 1.